The van der Waals surface area contributed by atoms with Gasteiger partial charge in [0.25, 0.3) is 0 Å². The number of rotatable bonds is 1. The van der Waals surface area contributed by atoms with Crippen LogP contribution in [0.15, 0.2) is 24.4 Å². The summed E-state index contributed by atoms with van der Waals surface area (Å²) in [7, 11) is 0. The summed E-state index contributed by atoms with van der Waals surface area (Å²) in [6, 6.07) is 4.93. The second-order valence-electron chi connectivity index (χ2n) is 3.11. The second kappa shape index (κ2) is 3.14. The van der Waals surface area contributed by atoms with Crippen molar-refractivity contribution >= 4 is 5.95 Å². The SMILES string of the molecule is Cc1cccc(F)c1-c1cnc(N)[nH]1. The first-order valence-corrected chi connectivity index (χ1v) is 4.24. The lowest BCUT2D eigenvalue weighted by atomic mass is 10.1. The van der Waals surface area contributed by atoms with Gasteiger partial charge >= 0.3 is 0 Å². The molecule has 3 N–H and O–H groups in total. The highest BCUT2D eigenvalue weighted by atomic mass is 19.1. The molecule has 0 saturated carbocycles. The Labute approximate surface area is 80.8 Å². The highest BCUT2D eigenvalue weighted by Gasteiger charge is 2.09. The largest absolute Gasteiger partial charge is 0.369 e. The molecular formula is C10H10FN3. The third kappa shape index (κ3) is 1.35. The van der Waals surface area contributed by atoms with Crippen LogP contribution >= 0.6 is 0 Å². The van der Waals surface area contributed by atoms with Crippen LogP contribution in [0.25, 0.3) is 11.3 Å². The van der Waals surface area contributed by atoms with Gasteiger partial charge in [0.1, 0.15) is 5.82 Å². The summed E-state index contributed by atoms with van der Waals surface area (Å²) in [5.41, 5.74) is 7.42. The van der Waals surface area contributed by atoms with E-state index in [4.69, 9.17) is 5.73 Å². The van der Waals surface area contributed by atoms with Gasteiger partial charge in [-0.3, -0.25) is 0 Å². The number of hydrogen-bond donors (Lipinski definition) is 2. The first-order valence-electron chi connectivity index (χ1n) is 4.24. The Bertz CT molecular complexity index is 442. The fourth-order valence-electron chi connectivity index (χ4n) is 1.44. The summed E-state index contributed by atoms with van der Waals surface area (Å²) in [6.45, 7) is 1.84. The van der Waals surface area contributed by atoms with E-state index in [1.165, 1.54) is 12.3 Å². The number of nitrogens with one attached hydrogen (secondary N) is 1. The zero-order chi connectivity index (χ0) is 10.1. The maximum absolute atomic E-state index is 13.5. The lowest BCUT2D eigenvalue weighted by Gasteiger charge is -2.03. The lowest BCUT2D eigenvalue weighted by molar-refractivity contribution is 0.630. The third-order valence-corrected chi connectivity index (χ3v) is 2.09. The van der Waals surface area contributed by atoms with Crippen molar-refractivity contribution in [2.24, 2.45) is 0 Å². The molecule has 1 aromatic carbocycles. The molecule has 0 unspecified atom stereocenters. The van der Waals surface area contributed by atoms with Gasteiger partial charge in [0.2, 0.25) is 0 Å². The smallest absolute Gasteiger partial charge is 0.197 e. The normalized spacial score (nSPS) is 10.4. The van der Waals surface area contributed by atoms with Gasteiger partial charge in [-0.25, -0.2) is 9.37 Å². The van der Waals surface area contributed by atoms with Gasteiger partial charge in [0, 0.05) is 5.56 Å². The zero-order valence-electron chi connectivity index (χ0n) is 7.71. The zero-order valence-corrected chi connectivity index (χ0v) is 7.71. The van der Waals surface area contributed by atoms with Crippen LogP contribution in [-0.2, 0) is 0 Å². The van der Waals surface area contributed by atoms with Crippen molar-refractivity contribution < 1.29 is 4.39 Å². The van der Waals surface area contributed by atoms with E-state index in [1.54, 1.807) is 6.07 Å². The number of aromatic amines is 1. The molecule has 1 heterocycles. The van der Waals surface area contributed by atoms with Crippen molar-refractivity contribution in [2.75, 3.05) is 5.73 Å². The molecule has 3 nitrogen and oxygen atoms in total. The monoisotopic (exact) mass is 191 g/mol. The summed E-state index contributed by atoms with van der Waals surface area (Å²) in [4.78, 5) is 6.63. The van der Waals surface area contributed by atoms with E-state index in [0.717, 1.165) is 5.56 Å². The third-order valence-electron chi connectivity index (χ3n) is 2.09. The number of H-pyrrole nitrogens is 1. The number of imidazole rings is 1. The number of benzene rings is 1. The lowest BCUT2D eigenvalue weighted by Crippen LogP contribution is -1.90. The van der Waals surface area contributed by atoms with Crippen molar-refractivity contribution in [3.63, 3.8) is 0 Å². The topological polar surface area (TPSA) is 54.7 Å². The Morgan fingerprint density at radius 3 is 2.79 bits per heavy atom. The molecule has 0 bridgehead atoms. The molecule has 0 amide bonds. The van der Waals surface area contributed by atoms with Gasteiger partial charge in [-0.05, 0) is 18.6 Å². The molecule has 4 heteroatoms. The number of aryl methyl sites for hydroxylation is 1. The Kier molecular flexibility index (Phi) is 1.96. The molecule has 14 heavy (non-hydrogen) atoms. The van der Waals surface area contributed by atoms with Gasteiger partial charge < -0.3 is 10.7 Å². The molecule has 0 aliphatic heterocycles. The number of anilines is 1. The summed E-state index contributed by atoms with van der Waals surface area (Å²) in [6.07, 6.45) is 1.53. The van der Waals surface area contributed by atoms with Crippen LogP contribution in [0, 0.1) is 12.7 Å². The number of nitrogen functional groups attached to an aromatic ring is 1. The number of aromatic nitrogens is 2. The van der Waals surface area contributed by atoms with E-state index in [9.17, 15) is 4.39 Å². The van der Waals surface area contributed by atoms with Crippen LogP contribution in [0.3, 0.4) is 0 Å². The first-order chi connectivity index (χ1) is 6.68. The molecule has 0 atom stereocenters. The Balaban J connectivity index is 2.61. The molecule has 0 spiro atoms. The molecule has 0 fully saturated rings. The molecule has 2 rings (SSSR count). The quantitative estimate of drug-likeness (QED) is 0.725. The Morgan fingerprint density at radius 2 is 2.21 bits per heavy atom. The summed E-state index contributed by atoms with van der Waals surface area (Å²) >= 11 is 0. The number of hydrogen-bond acceptors (Lipinski definition) is 2. The number of nitrogens with zero attached hydrogens (tertiary/aromatic N) is 1. The predicted molar refractivity (Wildman–Crippen MR) is 53.1 cm³/mol. The van der Waals surface area contributed by atoms with E-state index in [2.05, 4.69) is 9.97 Å². The summed E-state index contributed by atoms with van der Waals surface area (Å²) in [5.74, 6) is 0.0244. The van der Waals surface area contributed by atoms with Crippen LogP contribution in [0.4, 0.5) is 10.3 Å². The predicted octanol–water partition coefficient (Wildman–Crippen LogP) is 2.11. The maximum Gasteiger partial charge on any atom is 0.197 e. The molecule has 0 radical (unpaired) electrons. The van der Waals surface area contributed by atoms with Gasteiger partial charge in [-0.1, -0.05) is 12.1 Å². The summed E-state index contributed by atoms with van der Waals surface area (Å²) in [5, 5.41) is 0. The van der Waals surface area contributed by atoms with Gasteiger partial charge in [0.15, 0.2) is 5.95 Å². The molecule has 1 aromatic heterocycles. The number of nitrogens with two attached hydrogens (primary N) is 1. The van der Waals surface area contributed by atoms with Crippen LogP contribution < -0.4 is 5.73 Å². The molecule has 72 valence electrons. The van der Waals surface area contributed by atoms with Crippen molar-refractivity contribution in [1.29, 1.82) is 0 Å². The van der Waals surface area contributed by atoms with Gasteiger partial charge in [0.05, 0.1) is 11.9 Å². The average molecular weight is 191 g/mol. The van der Waals surface area contributed by atoms with Crippen molar-refractivity contribution in [1.82, 2.24) is 9.97 Å². The molecule has 0 aliphatic rings. The molecule has 0 aliphatic carbocycles. The van der Waals surface area contributed by atoms with E-state index in [-0.39, 0.29) is 5.82 Å². The molecule has 0 saturated heterocycles. The van der Waals surface area contributed by atoms with Crippen molar-refractivity contribution in [3.8, 4) is 11.3 Å². The van der Waals surface area contributed by atoms with Crippen LogP contribution in [-0.4, -0.2) is 9.97 Å². The van der Waals surface area contributed by atoms with Crippen LogP contribution in [0.1, 0.15) is 5.56 Å². The maximum atomic E-state index is 13.5. The minimum atomic E-state index is -0.270. The molecular weight excluding hydrogens is 181 g/mol. The minimum Gasteiger partial charge on any atom is -0.369 e. The Morgan fingerprint density at radius 1 is 1.43 bits per heavy atom. The van der Waals surface area contributed by atoms with E-state index in [1.807, 2.05) is 13.0 Å². The second-order valence-corrected chi connectivity index (χ2v) is 3.11. The fraction of sp³-hybridized carbons (Fsp3) is 0.100. The highest BCUT2D eigenvalue weighted by molar-refractivity contribution is 5.64. The van der Waals surface area contributed by atoms with Crippen molar-refractivity contribution in [2.45, 2.75) is 6.92 Å². The highest BCUT2D eigenvalue weighted by Crippen LogP contribution is 2.24. The average Bonchev–Trinajstić information content (AvgIpc) is 2.51. The minimum absolute atomic E-state index is 0.270. The fourth-order valence-corrected chi connectivity index (χ4v) is 1.44. The van der Waals surface area contributed by atoms with E-state index >= 15 is 0 Å². The van der Waals surface area contributed by atoms with Gasteiger partial charge in [-0.2, -0.15) is 0 Å². The van der Waals surface area contributed by atoms with E-state index < -0.39 is 0 Å². The van der Waals surface area contributed by atoms with Gasteiger partial charge in [-0.15, -0.1) is 0 Å². The first kappa shape index (κ1) is 8.74. The van der Waals surface area contributed by atoms with E-state index in [0.29, 0.717) is 17.2 Å². The summed E-state index contributed by atoms with van der Waals surface area (Å²) < 4.78 is 13.5. The van der Waals surface area contributed by atoms with Crippen molar-refractivity contribution in [3.05, 3.63) is 35.8 Å². The van der Waals surface area contributed by atoms with Crippen LogP contribution in [0.5, 0.6) is 0 Å². The number of halogens is 1. The Hall–Kier alpha value is -1.84. The standard InChI is InChI=1S/C10H10FN3/c1-6-3-2-4-7(11)9(6)8-5-13-10(12)14-8/h2-5H,1H3,(H3,12,13,14). The van der Waals surface area contributed by atoms with Crippen LogP contribution in [0.2, 0.25) is 0 Å². The molecule has 2 aromatic rings.